The van der Waals surface area contributed by atoms with Gasteiger partial charge in [-0.3, -0.25) is 9.59 Å². The van der Waals surface area contributed by atoms with Gasteiger partial charge in [-0.25, -0.2) is 0 Å². The molecule has 6 atom stereocenters. The first-order valence-corrected chi connectivity index (χ1v) is 9.25. The lowest BCUT2D eigenvalue weighted by atomic mass is 9.49. The summed E-state index contributed by atoms with van der Waals surface area (Å²) in [5.74, 6) is 4.13. The van der Waals surface area contributed by atoms with E-state index in [4.69, 9.17) is 0 Å². The second kappa shape index (κ2) is 5.04. The average Bonchev–Trinajstić information content (AvgIpc) is 2.92. The zero-order valence-electron chi connectivity index (χ0n) is 13.9. The highest BCUT2D eigenvalue weighted by atomic mass is 16.1. The van der Waals surface area contributed by atoms with Gasteiger partial charge in [-0.1, -0.05) is 12.5 Å². The van der Waals surface area contributed by atoms with Gasteiger partial charge in [-0.05, 0) is 87.0 Å². The molecule has 0 aromatic rings. The van der Waals surface area contributed by atoms with Crippen LogP contribution in [0.3, 0.4) is 0 Å². The van der Waals surface area contributed by atoms with Crippen molar-refractivity contribution in [3.05, 3.63) is 11.6 Å². The maximum atomic E-state index is 11.9. The lowest BCUT2D eigenvalue weighted by Gasteiger charge is -2.55. The predicted octanol–water partition coefficient (Wildman–Crippen LogP) is 4.33. The maximum Gasteiger partial charge on any atom is 0.155 e. The number of carbonyl (C=O) groups excluding carboxylic acids is 2. The Morgan fingerprint density at radius 3 is 2.59 bits per heavy atom. The third kappa shape index (κ3) is 1.98. The van der Waals surface area contributed by atoms with Crippen molar-refractivity contribution < 1.29 is 9.59 Å². The van der Waals surface area contributed by atoms with Gasteiger partial charge in [0.2, 0.25) is 0 Å². The van der Waals surface area contributed by atoms with Crippen LogP contribution in [0.15, 0.2) is 11.6 Å². The van der Waals surface area contributed by atoms with E-state index in [9.17, 15) is 9.59 Å². The molecule has 0 spiro atoms. The van der Waals surface area contributed by atoms with Gasteiger partial charge in [0.05, 0.1) is 0 Å². The van der Waals surface area contributed by atoms with Crippen molar-refractivity contribution in [2.45, 2.75) is 65.2 Å². The molecule has 2 nitrogen and oxygen atoms in total. The highest BCUT2D eigenvalue weighted by molar-refractivity contribution is 5.91. The van der Waals surface area contributed by atoms with Crippen molar-refractivity contribution in [2.75, 3.05) is 0 Å². The zero-order valence-corrected chi connectivity index (χ0v) is 13.9. The maximum absolute atomic E-state index is 11.9. The highest BCUT2D eigenvalue weighted by Crippen LogP contribution is 2.62. The van der Waals surface area contributed by atoms with Gasteiger partial charge in [-0.2, -0.15) is 0 Å². The Kier molecular flexibility index (Phi) is 3.36. The molecule has 0 bridgehead atoms. The van der Waals surface area contributed by atoms with Crippen LogP contribution in [-0.2, 0) is 9.59 Å². The summed E-state index contributed by atoms with van der Waals surface area (Å²) in [5.41, 5.74) is 1.72. The first-order chi connectivity index (χ1) is 10.5. The van der Waals surface area contributed by atoms with Gasteiger partial charge in [0.25, 0.3) is 0 Å². The lowest BCUT2D eigenvalue weighted by molar-refractivity contribution is -0.123. The van der Waals surface area contributed by atoms with Crippen LogP contribution in [0.2, 0.25) is 0 Å². The minimum absolute atomic E-state index is 0.274. The Hall–Kier alpha value is -0.920. The van der Waals surface area contributed by atoms with Crippen molar-refractivity contribution >= 4 is 11.6 Å². The number of Topliss-reactive ketones (excluding diaryl/α,β-unsaturated/α-hetero) is 1. The topological polar surface area (TPSA) is 34.1 Å². The van der Waals surface area contributed by atoms with E-state index >= 15 is 0 Å². The molecular weight excluding hydrogens is 272 g/mol. The number of allylic oxidation sites excluding steroid dienone is 1. The SMILES string of the molecule is CC(=O)[C@H]1CC[C@@H]2[C@@H]1CC[C@H]1[C@H]2CCC2=CC(=O)CC[C@@]21C. The van der Waals surface area contributed by atoms with Crippen LogP contribution in [0, 0.1) is 35.0 Å². The van der Waals surface area contributed by atoms with Gasteiger partial charge >= 0.3 is 0 Å². The Balaban J connectivity index is 1.63. The number of fused-ring (bicyclic) bond motifs is 5. The van der Waals surface area contributed by atoms with E-state index in [1.807, 2.05) is 6.08 Å². The Morgan fingerprint density at radius 1 is 1.05 bits per heavy atom. The molecule has 4 rings (SSSR count). The summed E-state index contributed by atoms with van der Waals surface area (Å²) in [5, 5.41) is 0. The molecule has 3 saturated carbocycles. The molecule has 22 heavy (non-hydrogen) atoms. The van der Waals surface area contributed by atoms with E-state index in [0.29, 0.717) is 23.4 Å². The fourth-order valence-electron chi connectivity index (χ4n) is 6.72. The Bertz CT molecular complexity index is 546. The molecule has 0 saturated heterocycles. The van der Waals surface area contributed by atoms with Crippen LogP contribution in [0.25, 0.3) is 0 Å². The summed E-state index contributed by atoms with van der Waals surface area (Å²) < 4.78 is 0. The van der Waals surface area contributed by atoms with Crippen LogP contribution in [0.5, 0.6) is 0 Å². The first kappa shape index (κ1) is 14.7. The Labute approximate surface area is 133 Å². The number of ketones is 2. The normalized spacial score (nSPS) is 47.3. The molecule has 4 aliphatic rings. The van der Waals surface area contributed by atoms with Crippen molar-refractivity contribution in [3.8, 4) is 0 Å². The van der Waals surface area contributed by atoms with Gasteiger partial charge in [-0.15, -0.1) is 0 Å². The molecule has 0 aromatic carbocycles. The van der Waals surface area contributed by atoms with Crippen molar-refractivity contribution in [1.82, 2.24) is 0 Å². The fraction of sp³-hybridized carbons (Fsp3) is 0.800. The van der Waals surface area contributed by atoms with E-state index in [-0.39, 0.29) is 5.41 Å². The Morgan fingerprint density at radius 2 is 1.82 bits per heavy atom. The second-order valence-electron chi connectivity index (χ2n) is 8.56. The molecule has 0 aliphatic heterocycles. The third-order valence-electron chi connectivity index (χ3n) is 7.80. The molecular formula is C20H28O2. The summed E-state index contributed by atoms with van der Waals surface area (Å²) in [4.78, 5) is 23.7. The van der Waals surface area contributed by atoms with Gasteiger partial charge < -0.3 is 0 Å². The number of hydrogen-bond donors (Lipinski definition) is 0. The highest BCUT2D eigenvalue weighted by Gasteiger charge is 2.54. The minimum Gasteiger partial charge on any atom is -0.300 e. The first-order valence-electron chi connectivity index (χ1n) is 9.25. The van der Waals surface area contributed by atoms with E-state index in [1.54, 1.807) is 6.92 Å². The van der Waals surface area contributed by atoms with E-state index < -0.39 is 0 Å². The number of carbonyl (C=O) groups is 2. The zero-order chi connectivity index (χ0) is 15.5. The summed E-state index contributed by atoms with van der Waals surface area (Å²) in [6.45, 7) is 4.23. The molecule has 4 aliphatic carbocycles. The lowest BCUT2D eigenvalue weighted by Crippen LogP contribution is -2.47. The summed E-state index contributed by atoms with van der Waals surface area (Å²) >= 11 is 0. The molecule has 0 aromatic heterocycles. The van der Waals surface area contributed by atoms with Crippen molar-refractivity contribution in [2.24, 2.45) is 35.0 Å². The van der Waals surface area contributed by atoms with Gasteiger partial charge in [0.15, 0.2) is 5.78 Å². The van der Waals surface area contributed by atoms with Crippen molar-refractivity contribution in [1.29, 1.82) is 0 Å². The van der Waals surface area contributed by atoms with Crippen LogP contribution in [0.1, 0.15) is 65.2 Å². The molecule has 120 valence electrons. The summed E-state index contributed by atoms with van der Waals surface area (Å²) in [6.07, 6.45) is 11.1. The van der Waals surface area contributed by atoms with Crippen molar-refractivity contribution in [3.63, 3.8) is 0 Å². The quantitative estimate of drug-likeness (QED) is 0.722. The van der Waals surface area contributed by atoms with Gasteiger partial charge in [0, 0.05) is 12.3 Å². The number of rotatable bonds is 1. The van der Waals surface area contributed by atoms with E-state index in [0.717, 1.165) is 43.4 Å². The smallest absolute Gasteiger partial charge is 0.155 e. The van der Waals surface area contributed by atoms with Crippen LogP contribution in [0.4, 0.5) is 0 Å². The largest absolute Gasteiger partial charge is 0.300 e. The van der Waals surface area contributed by atoms with E-state index in [2.05, 4.69) is 6.92 Å². The van der Waals surface area contributed by atoms with Crippen LogP contribution < -0.4 is 0 Å². The molecule has 3 fully saturated rings. The molecule has 0 N–H and O–H groups in total. The summed E-state index contributed by atoms with van der Waals surface area (Å²) in [6, 6.07) is 0. The monoisotopic (exact) mass is 300 g/mol. The van der Waals surface area contributed by atoms with Crippen LogP contribution >= 0.6 is 0 Å². The molecule has 2 heteroatoms. The number of hydrogen-bond acceptors (Lipinski definition) is 2. The molecule has 0 amide bonds. The standard InChI is InChI=1S/C20H28O2/c1-12(21)15-5-6-17-16(15)7-8-19-18(17)4-3-13-11-14(22)9-10-20(13,19)2/h11,15-19H,3-10H2,1-2H3/t15-,16-,17-,18+,19+,20+/m1/s1. The molecule has 0 unspecified atom stereocenters. The fourth-order valence-corrected chi connectivity index (χ4v) is 6.72. The third-order valence-corrected chi connectivity index (χ3v) is 7.80. The van der Waals surface area contributed by atoms with Crippen LogP contribution in [-0.4, -0.2) is 11.6 Å². The van der Waals surface area contributed by atoms with Gasteiger partial charge in [0.1, 0.15) is 5.78 Å². The summed E-state index contributed by atoms with van der Waals surface area (Å²) in [7, 11) is 0. The average molecular weight is 300 g/mol. The predicted molar refractivity (Wildman–Crippen MR) is 86.3 cm³/mol. The second-order valence-corrected chi connectivity index (χ2v) is 8.56. The van der Waals surface area contributed by atoms with E-state index in [1.165, 1.54) is 31.3 Å². The molecule has 0 radical (unpaired) electrons. The molecule has 0 heterocycles. The minimum atomic E-state index is 0.274.